The Morgan fingerprint density at radius 3 is 2.21 bits per heavy atom. The first kappa shape index (κ1) is 17.1. The quantitative estimate of drug-likeness (QED) is 0.746. The standard InChI is InChI=1S/C19H22B2NO2/c1-18(2,23)19(3,4)24-21-13-7-9-15-14-8-6-12(20)10-16(14)22(5)17(15)11-13/h6-11,23H,1-5H3. The maximum atomic E-state index is 10.2. The zero-order valence-corrected chi connectivity index (χ0v) is 14.9. The van der Waals surface area contributed by atoms with Gasteiger partial charge in [-0.25, -0.2) is 0 Å². The maximum absolute atomic E-state index is 10.2. The second-order valence-corrected chi connectivity index (χ2v) is 7.42. The summed E-state index contributed by atoms with van der Waals surface area (Å²) in [6.45, 7) is 7.25. The molecule has 0 saturated heterocycles. The fourth-order valence-electron chi connectivity index (χ4n) is 2.67. The second kappa shape index (κ2) is 5.68. The van der Waals surface area contributed by atoms with Crippen LogP contribution in [0.1, 0.15) is 27.7 Å². The number of fused-ring (bicyclic) bond motifs is 3. The first-order valence-electron chi connectivity index (χ1n) is 8.11. The molecule has 2 aromatic carbocycles. The van der Waals surface area contributed by atoms with Crippen LogP contribution in [0.2, 0.25) is 0 Å². The zero-order valence-electron chi connectivity index (χ0n) is 14.9. The Balaban J connectivity index is 1.97. The van der Waals surface area contributed by atoms with Crippen molar-refractivity contribution in [2.75, 3.05) is 0 Å². The summed E-state index contributed by atoms with van der Waals surface area (Å²) in [7, 11) is 9.67. The molecule has 3 radical (unpaired) electrons. The molecule has 0 atom stereocenters. The van der Waals surface area contributed by atoms with Crippen LogP contribution < -0.4 is 10.9 Å². The van der Waals surface area contributed by atoms with Crippen molar-refractivity contribution >= 4 is 48.1 Å². The molecule has 121 valence electrons. The van der Waals surface area contributed by atoms with Gasteiger partial charge in [0.1, 0.15) is 7.85 Å². The molecule has 0 spiro atoms. The normalized spacial score (nSPS) is 12.9. The molecule has 0 unspecified atom stereocenters. The van der Waals surface area contributed by atoms with Crippen LogP contribution >= 0.6 is 0 Å². The Bertz CT molecular complexity index is 907. The summed E-state index contributed by atoms with van der Waals surface area (Å²) < 4.78 is 8.00. The zero-order chi connectivity index (χ0) is 17.7. The van der Waals surface area contributed by atoms with E-state index in [1.54, 1.807) is 21.3 Å². The van der Waals surface area contributed by atoms with E-state index in [4.69, 9.17) is 12.5 Å². The molecule has 0 fully saturated rings. The number of rotatable bonds is 4. The molecule has 3 nitrogen and oxygen atoms in total. The molecule has 0 aliphatic rings. The maximum Gasteiger partial charge on any atom is 0.330 e. The summed E-state index contributed by atoms with van der Waals surface area (Å²) in [6, 6.07) is 12.2. The van der Waals surface area contributed by atoms with Crippen molar-refractivity contribution < 1.29 is 9.76 Å². The van der Waals surface area contributed by atoms with Crippen molar-refractivity contribution in [2.24, 2.45) is 7.05 Å². The molecular formula is C19H22B2NO2. The fourth-order valence-corrected chi connectivity index (χ4v) is 2.67. The summed E-state index contributed by atoms with van der Waals surface area (Å²) >= 11 is 0. The van der Waals surface area contributed by atoms with Crippen LogP contribution in [0.4, 0.5) is 0 Å². The largest absolute Gasteiger partial charge is 0.427 e. The summed E-state index contributed by atoms with van der Waals surface area (Å²) in [5.74, 6) is 0. The summed E-state index contributed by atoms with van der Waals surface area (Å²) in [5.41, 5.74) is 2.32. The lowest BCUT2D eigenvalue weighted by Crippen LogP contribution is -2.49. The van der Waals surface area contributed by atoms with Gasteiger partial charge in [-0.2, -0.15) is 0 Å². The Morgan fingerprint density at radius 1 is 1.00 bits per heavy atom. The van der Waals surface area contributed by atoms with Gasteiger partial charge < -0.3 is 14.3 Å². The lowest BCUT2D eigenvalue weighted by molar-refractivity contribution is -0.0893. The van der Waals surface area contributed by atoms with E-state index >= 15 is 0 Å². The first-order chi connectivity index (χ1) is 11.1. The molecule has 0 bridgehead atoms. The molecule has 0 aliphatic carbocycles. The first-order valence-corrected chi connectivity index (χ1v) is 8.11. The fraction of sp³-hybridized carbons (Fsp3) is 0.368. The molecule has 24 heavy (non-hydrogen) atoms. The molecule has 3 rings (SSSR count). The Kier molecular flexibility index (Phi) is 4.05. The predicted octanol–water partition coefficient (Wildman–Crippen LogP) is 1.94. The molecule has 1 N–H and O–H groups in total. The van der Waals surface area contributed by atoms with Crippen LogP contribution in [0.5, 0.6) is 0 Å². The average Bonchev–Trinajstić information content (AvgIpc) is 2.77. The number of hydrogen-bond acceptors (Lipinski definition) is 2. The summed E-state index contributed by atoms with van der Waals surface area (Å²) in [4.78, 5) is 0. The molecule has 1 aromatic heterocycles. The van der Waals surface area contributed by atoms with E-state index in [2.05, 4.69) is 22.8 Å². The van der Waals surface area contributed by atoms with Crippen LogP contribution in [0.25, 0.3) is 21.8 Å². The minimum Gasteiger partial charge on any atom is -0.427 e. The van der Waals surface area contributed by atoms with Gasteiger partial charge >= 0.3 is 7.48 Å². The number of aliphatic hydroxyl groups is 1. The average molecular weight is 318 g/mol. The van der Waals surface area contributed by atoms with Crippen molar-refractivity contribution in [3.63, 3.8) is 0 Å². The molecule has 1 heterocycles. The molecule has 5 heteroatoms. The van der Waals surface area contributed by atoms with Gasteiger partial charge in [-0.05, 0) is 39.8 Å². The number of hydrogen-bond donors (Lipinski definition) is 1. The van der Waals surface area contributed by atoms with Gasteiger partial charge in [-0.15, -0.1) is 0 Å². The van der Waals surface area contributed by atoms with Crippen LogP contribution in [0.3, 0.4) is 0 Å². The predicted molar refractivity (Wildman–Crippen MR) is 103 cm³/mol. The van der Waals surface area contributed by atoms with Crippen LogP contribution in [-0.2, 0) is 11.7 Å². The Morgan fingerprint density at radius 2 is 1.58 bits per heavy atom. The highest BCUT2D eigenvalue weighted by atomic mass is 16.5. The lowest BCUT2D eigenvalue weighted by atomic mass is 9.82. The number of aryl methyl sites for hydroxylation is 1. The number of benzene rings is 2. The van der Waals surface area contributed by atoms with E-state index < -0.39 is 11.2 Å². The van der Waals surface area contributed by atoms with Crippen molar-refractivity contribution in [3.05, 3.63) is 36.4 Å². The van der Waals surface area contributed by atoms with Crippen molar-refractivity contribution in [1.29, 1.82) is 0 Å². The Hall–Kier alpha value is -1.71. The van der Waals surface area contributed by atoms with Gasteiger partial charge in [0.2, 0.25) is 0 Å². The van der Waals surface area contributed by atoms with E-state index in [-0.39, 0.29) is 0 Å². The highest BCUT2D eigenvalue weighted by molar-refractivity contribution is 6.47. The third kappa shape index (κ3) is 2.87. The van der Waals surface area contributed by atoms with E-state index in [0.29, 0.717) is 0 Å². The van der Waals surface area contributed by atoms with E-state index in [9.17, 15) is 5.11 Å². The van der Waals surface area contributed by atoms with E-state index in [0.717, 1.165) is 22.0 Å². The molecule has 0 amide bonds. The highest BCUT2D eigenvalue weighted by Gasteiger charge is 2.35. The van der Waals surface area contributed by atoms with Gasteiger partial charge in [-0.1, -0.05) is 35.2 Å². The smallest absolute Gasteiger partial charge is 0.330 e. The van der Waals surface area contributed by atoms with Crippen LogP contribution in [0, 0.1) is 0 Å². The monoisotopic (exact) mass is 318 g/mol. The van der Waals surface area contributed by atoms with Gasteiger partial charge in [0.25, 0.3) is 0 Å². The third-order valence-electron chi connectivity index (χ3n) is 5.02. The van der Waals surface area contributed by atoms with Crippen molar-refractivity contribution in [2.45, 2.75) is 38.9 Å². The van der Waals surface area contributed by atoms with Crippen molar-refractivity contribution in [1.82, 2.24) is 4.57 Å². The van der Waals surface area contributed by atoms with Gasteiger partial charge in [0, 0.05) is 28.9 Å². The molecule has 0 aliphatic heterocycles. The van der Waals surface area contributed by atoms with Crippen LogP contribution in [-0.4, -0.2) is 36.2 Å². The van der Waals surface area contributed by atoms with Gasteiger partial charge in [0.05, 0.1) is 11.2 Å². The highest BCUT2D eigenvalue weighted by Crippen LogP contribution is 2.27. The summed E-state index contributed by atoms with van der Waals surface area (Å²) in [5, 5.41) is 12.6. The SMILES string of the molecule is [B]c1ccc2c3ccc([B]OC(C)(C)C(C)(C)O)cc3n(C)c2c1. The number of aromatic nitrogens is 1. The number of nitrogens with zero attached hydrogens (tertiary/aromatic N) is 1. The third-order valence-corrected chi connectivity index (χ3v) is 5.02. The van der Waals surface area contributed by atoms with Gasteiger partial charge in [0.15, 0.2) is 0 Å². The topological polar surface area (TPSA) is 34.4 Å². The molecule has 0 saturated carbocycles. The summed E-state index contributed by atoms with van der Waals surface area (Å²) in [6.07, 6.45) is 0. The van der Waals surface area contributed by atoms with E-state index in [1.165, 1.54) is 10.8 Å². The minimum atomic E-state index is -0.940. The molecular weight excluding hydrogens is 296 g/mol. The van der Waals surface area contributed by atoms with Crippen LogP contribution in [0.15, 0.2) is 36.4 Å². The Labute approximate surface area is 145 Å². The van der Waals surface area contributed by atoms with Crippen molar-refractivity contribution in [3.8, 4) is 0 Å². The second-order valence-electron chi connectivity index (χ2n) is 7.42. The molecule has 3 aromatic rings. The van der Waals surface area contributed by atoms with E-state index in [1.807, 2.05) is 39.1 Å². The van der Waals surface area contributed by atoms with Gasteiger partial charge in [-0.3, -0.25) is 0 Å². The minimum absolute atomic E-state index is 0.685. The lowest BCUT2D eigenvalue weighted by Gasteiger charge is -2.37.